The minimum atomic E-state index is -4.63. The van der Waals surface area contributed by atoms with Gasteiger partial charge >= 0.3 is 0 Å². The number of sulfone groups is 2. The maximum atomic E-state index is 12.7. The zero-order chi connectivity index (χ0) is 25.0. The third-order valence-corrected chi connectivity index (χ3v) is 8.70. The Labute approximate surface area is 189 Å². The van der Waals surface area contributed by atoms with Gasteiger partial charge in [0.1, 0.15) is 10.6 Å². The number of hydrogen-bond acceptors (Lipinski definition) is 11. The molecule has 0 unspecified atom stereocenters. The van der Waals surface area contributed by atoms with Gasteiger partial charge in [0.15, 0.2) is 19.7 Å². The van der Waals surface area contributed by atoms with Gasteiger partial charge in [-0.25, -0.2) is 16.8 Å². The SMILES string of the molecule is COc1ccc(Nc2ccc([N+](=O)[O-])cc2S(=O)(=O)CCS(=O)(=O)O)cc1S(=O)(=O)CCO. The van der Waals surface area contributed by atoms with Gasteiger partial charge in [-0.05, 0) is 24.3 Å². The number of nitro groups is 1. The van der Waals surface area contributed by atoms with Gasteiger partial charge in [0, 0.05) is 17.8 Å². The van der Waals surface area contributed by atoms with Crippen LogP contribution in [0.15, 0.2) is 46.2 Å². The van der Waals surface area contributed by atoms with Crippen LogP contribution in [0.25, 0.3) is 0 Å². The number of hydrogen-bond donors (Lipinski definition) is 3. The lowest BCUT2D eigenvalue weighted by Gasteiger charge is -2.15. The molecule has 0 saturated heterocycles. The molecule has 0 atom stereocenters. The number of benzene rings is 2. The van der Waals surface area contributed by atoms with Crippen molar-refractivity contribution in [2.75, 3.05) is 36.3 Å². The number of aliphatic hydroxyl groups is 1. The lowest BCUT2D eigenvalue weighted by molar-refractivity contribution is -0.385. The third-order valence-electron chi connectivity index (χ3n) is 4.26. The number of anilines is 2. The molecule has 2 rings (SSSR count). The van der Waals surface area contributed by atoms with Gasteiger partial charge in [-0.1, -0.05) is 0 Å². The highest BCUT2D eigenvalue weighted by Crippen LogP contribution is 2.33. The second-order valence-electron chi connectivity index (χ2n) is 6.58. The zero-order valence-corrected chi connectivity index (χ0v) is 19.5. The van der Waals surface area contributed by atoms with Crippen LogP contribution in [-0.2, 0) is 29.8 Å². The van der Waals surface area contributed by atoms with Crippen molar-refractivity contribution in [1.29, 1.82) is 0 Å². The van der Waals surface area contributed by atoms with Gasteiger partial charge in [0.2, 0.25) is 0 Å². The quantitative estimate of drug-likeness (QED) is 0.212. The first-order chi connectivity index (χ1) is 15.2. The summed E-state index contributed by atoms with van der Waals surface area (Å²) in [6, 6.07) is 6.54. The van der Waals surface area contributed by atoms with Crippen LogP contribution in [0.2, 0.25) is 0 Å². The average molecular weight is 525 g/mol. The highest BCUT2D eigenvalue weighted by atomic mass is 32.2. The Morgan fingerprint density at radius 1 is 0.939 bits per heavy atom. The topological polar surface area (TPSA) is 207 Å². The van der Waals surface area contributed by atoms with Gasteiger partial charge in [0.05, 0.1) is 46.5 Å². The van der Waals surface area contributed by atoms with E-state index in [4.69, 9.17) is 14.4 Å². The van der Waals surface area contributed by atoms with Crippen LogP contribution in [0, 0.1) is 10.1 Å². The molecular formula is C17H20N2O11S3. The van der Waals surface area contributed by atoms with Crippen molar-refractivity contribution in [2.24, 2.45) is 0 Å². The van der Waals surface area contributed by atoms with Crippen molar-refractivity contribution in [3.05, 3.63) is 46.5 Å². The van der Waals surface area contributed by atoms with Crippen LogP contribution >= 0.6 is 0 Å². The molecule has 0 aliphatic carbocycles. The number of nitrogens with one attached hydrogen (secondary N) is 1. The molecule has 0 aromatic heterocycles. The molecule has 3 N–H and O–H groups in total. The molecule has 0 saturated carbocycles. The van der Waals surface area contributed by atoms with E-state index in [9.17, 15) is 35.4 Å². The minimum Gasteiger partial charge on any atom is -0.495 e. The fourth-order valence-electron chi connectivity index (χ4n) is 2.69. The van der Waals surface area contributed by atoms with E-state index in [1.54, 1.807) is 0 Å². The van der Waals surface area contributed by atoms with E-state index in [0.717, 1.165) is 18.2 Å². The monoisotopic (exact) mass is 524 g/mol. The van der Waals surface area contributed by atoms with Crippen molar-refractivity contribution >= 4 is 46.9 Å². The van der Waals surface area contributed by atoms with Crippen molar-refractivity contribution in [3.63, 3.8) is 0 Å². The smallest absolute Gasteiger partial charge is 0.270 e. The molecule has 2 aromatic rings. The van der Waals surface area contributed by atoms with E-state index in [2.05, 4.69) is 5.32 Å². The Hall–Kier alpha value is -2.79. The van der Waals surface area contributed by atoms with Crippen molar-refractivity contribution in [2.45, 2.75) is 9.79 Å². The summed E-state index contributed by atoms with van der Waals surface area (Å²) < 4.78 is 86.1. The zero-order valence-electron chi connectivity index (χ0n) is 17.0. The van der Waals surface area contributed by atoms with E-state index in [1.807, 2.05) is 0 Å². The molecule has 2 aromatic carbocycles. The summed E-state index contributed by atoms with van der Waals surface area (Å²) in [6.45, 7) is -0.651. The van der Waals surface area contributed by atoms with Gasteiger partial charge in [-0.3, -0.25) is 14.7 Å². The number of nitrogens with zero attached hydrogens (tertiary/aromatic N) is 1. The predicted molar refractivity (Wildman–Crippen MR) is 117 cm³/mol. The number of nitro benzene ring substituents is 1. The number of aliphatic hydroxyl groups excluding tert-OH is 1. The van der Waals surface area contributed by atoms with Crippen LogP contribution < -0.4 is 10.1 Å². The Bertz CT molecular complexity index is 1370. The molecule has 0 fully saturated rings. The molecule has 0 aliphatic rings. The van der Waals surface area contributed by atoms with Crippen LogP contribution in [-0.4, -0.2) is 70.8 Å². The lowest BCUT2D eigenvalue weighted by atomic mass is 10.2. The molecule has 33 heavy (non-hydrogen) atoms. The highest BCUT2D eigenvalue weighted by Gasteiger charge is 2.25. The minimum absolute atomic E-state index is 0.0290. The molecule has 0 bridgehead atoms. The van der Waals surface area contributed by atoms with Gasteiger partial charge in [-0.2, -0.15) is 8.42 Å². The Morgan fingerprint density at radius 2 is 1.58 bits per heavy atom. The molecule has 0 amide bonds. The summed E-state index contributed by atoms with van der Waals surface area (Å²) in [4.78, 5) is 9.34. The van der Waals surface area contributed by atoms with Crippen LogP contribution in [0.3, 0.4) is 0 Å². The summed E-state index contributed by atoms with van der Waals surface area (Å²) in [5.41, 5.74) is -0.731. The van der Waals surface area contributed by atoms with Gasteiger partial charge in [-0.15, -0.1) is 0 Å². The Balaban J connectivity index is 2.59. The average Bonchev–Trinajstić information content (AvgIpc) is 2.72. The van der Waals surface area contributed by atoms with Gasteiger partial charge < -0.3 is 15.2 Å². The summed E-state index contributed by atoms with van der Waals surface area (Å²) in [7, 11) is -11.8. The maximum Gasteiger partial charge on any atom is 0.270 e. The second-order valence-corrected chi connectivity index (χ2v) is 12.3. The molecule has 13 nitrogen and oxygen atoms in total. The predicted octanol–water partition coefficient (Wildman–Crippen LogP) is 0.774. The van der Waals surface area contributed by atoms with E-state index in [0.29, 0.717) is 6.07 Å². The fraction of sp³-hybridized carbons (Fsp3) is 0.294. The normalized spacial score (nSPS) is 12.3. The Morgan fingerprint density at radius 3 is 2.12 bits per heavy atom. The van der Waals surface area contributed by atoms with Crippen LogP contribution in [0.5, 0.6) is 5.75 Å². The number of rotatable bonds is 11. The standard InChI is InChI=1S/C17H20N2O11S3/c1-30-15-5-2-12(10-17(15)31(23,24)7-6-20)18-14-4-3-13(19(21)22)11-16(14)32(25,26)8-9-33(27,28)29/h2-5,10-11,18,20H,6-9H2,1H3,(H,27,28,29). The van der Waals surface area contributed by atoms with Crippen LogP contribution in [0.1, 0.15) is 0 Å². The highest BCUT2D eigenvalue weighted by molar-refractivity contribution is 7.93. The van der Waals surface area contributed by atoms with Crippen LogP contribution in [0.4, 0.5) is 17.1 Å². The first-order valence-electron chi connectivity index (χ1n) is 8.95. The van der Waals surface area contributed by atoms with Gasteiger partial charge in [0.25, 0.3) is 15.8 Å². The summed E-state index contributed by atoms with van der Waals surface area (Å²) in [5.74, 6) is -2.82. The molecule has 0 radical (unpaired) electrons. The van der Waals surface area contributed by atoms with Crippen molar-refractivity contribution in [1.82, 2.24) is 0 Å². The first kappa shape index (κ1) is 26.5. The first-order valence-corrected chi connectivity index (χ1v) is 13.9. The van der Waals surface area contributed by atoms with E-state index < -0.39 is 69.2 Å². The lowest BCUT2D eigenvalue weighted by Crippen LogP contribution is -2.18. The largest absolute Gasteiger partial charge is 0.495 e. The summed E-state index contributed by atoms with van der Waals surface area (Å²) in [6.07, 6.45) is 0. The number of non-ortho nitro benzene ring substituents is 1. The van der Waals surface area contributed by atoms with E-state index in [-0.39, 0.29) is 22.0 Å². The third kappa shape index (κ3) is 6.84. The second kappa shape index (κ2) is 10.0. The molecule has 0 spiro atoms. The molecule has 0 aliphatic heterocycles. The molecule has 0 heterocycles. The molecule has 16 heteroatoms. The van der Waals surface area contributed by atoms with Crippen molar-refractivity contribution < 1.29 is 44.6 Å². The van der Waals surface area contributed by atoms with E-state index >= 15 is 0 Å². The fourth-order valence-corrected chi connectivity index (χ4v) is 6.61. The van der Waals surface area contributed by atoms with E-state index in [1.165, 1.54) is 19.2 Å². The maximum absolute atomic E-state index is 12.7. The Kier molecular flexibility index (Phi) is 8.02. The number of methoxy groups -OCH3 is 1. The van der Waals surface area contributed by atoms with Crippen molar-refractivity contribution in [3.8, 4) is 5.75 Å². The summed E-state index contributed by atoms with van der Waals surface area (Å²) in [5, 5.41) is 22.8. The molecular weight excluding hydrogens is 504 g/mol. The molecule has 182 valence electrons. The summed E-state index contributed by atoms with van der Waals surface area (Å²) >= 11 is 0. The number of ether oxygens (including phenoxy) is 1.